The van der Waals surface area contributed by atoms with Gasteiger partial charge in [-0.05, 0) is 36.8 Å². The molecule has 178 valence electrons. The van der Waals surface area contributed by atoms with E-state index in [0.717, 1.165) is 5.75 Å². The highest BCUT2D eigenvalue weighted by molar-refractivity contribution is 5.76. The minimum absolute atomic E-state index is 0.118. The van der Waals surface area contributed by atoms with Crippen molar-refractivity contribution in [3.63, 3.8) is 0 Å². The van der Waals surface area contributed by atoms with Gasteiger partial charge >= 0.3 is 0 Å². The molecule has 0 fully saturated rings. The highest BCUT2D eigenvalue weighted by atomic mass is 16.5. The van der Waals surface area contributed by atoms with E-state index in [9.17, 15) is 9.59 Å². The van der Waals surface area contributed by atoms with Crippen molar-refractivity contribution in [2.45, 2.75) is 19.3 Å². The zero-order valence-corrected chi connectivity index (χ0v) is 19.1. The molecule has 3 aromatic rings. The molecule has 0 saturated carbocycles. The number of hydrogen-bond donors (Lipinski definition) is 2. The molecule has 2 N–H and O–H groups in total. The zero-order valence-electron chi connectivity index (χ0n) is 19.1. The Labute approximate surface area is 197 Å². The Morgan fingerprint density at radius 3 is 2.65 bits per heavy atom. The first-order chi connectivity index (χ1) is 16.6. The Bertz CT molecular complexity index is 1150. The summed E-state index contributed by atoms with van der Waals surface area (Å²) in [5, 5.41) is 10.9. The van der Waals surface area contributed by atoms with Crippen molar-refractivity contribution in [1.82, 2.24) is 20.5 Å². The number of hydrogen-bond acceptors (Lipinski definition) is 7. The molecule has 1 aromatic heterocycles. The van der Waals surface area contributed by atoms with Crippen molar-refractivity contribution < 1.29 is 19.0 Å². The molecule has 0 radical (unpaired) electrons. The van der Waals surface area contributed by atoms with Crippen LogP contribution in [0.4, 0.5) is 0 Å². The van der Waals surface area contributed by atoms with Crippen LogP contribution in [0.25, 0.3) is 11.4 Å². The molecule has 0 bridgehead atoms. The summed E-state index contributed by atoms with van der Waals surface area (Å²) in [6.07, 6.45) is 2.78. The lowest BCUT2D eigenvalue weighted by Crippen LogP contribution is -2.29. The molecule has 0 atom stereocenters. The molecule has 3 rings (SSSR count). The Morgan fingerprint density at radius 2 is 1.91 bits per heavy atom. The number of H-pyrrole nitrogens is 1. The lowest BCUT2D eigenvalue weighted by molar-refractivity contribution is -0.121. The third-order valence-electron chi connectivity index (χ3n) is 4.81. The second-order valence-electron chi connectivity index (χ2n) is 7.25. The maximum Gasteiger partial charge on any atom is 0.273 e. The lowest BCUT2D eigenvalue weighted by atomic mass is 10.2. The van der Waals surface area contributed by atoms with Gasteiger partial charge in [-0.2, -0.15) is 0 Å². The van der Waals surface area contributed by atoms with Gasteiger partial charge in [0.25, 0.3) is 5.56 Å². The highest BCUT2D eigenvalue weighted by Crippen LogP contribution is 2.31. The normalized spacial score (nSPS) is 10.4. The average molecular weight is 465 g/mol. The number of nitrogens with one attached hydrogen (secondary N) is 2. The number of aryl methyl sites for hydroxylation is 1. The number of benzene rings is 2. The molecule has 0 aliphatic carbocycles. The smallest absolute Gasteiger partial charge is 0.273 e. The van der Waals surface area contributed by atoms with Crippen LogP contribution in [0.2, 0.25) is 0 Å². The molecule has 0 unspecified atom stereocenters. The topological polar surface area (TPSA) is 115 Å². The van der Waals surface area contributed by atoms with Crippen molar-refractivity contribution in [1.29, 1.82) is 0 Å². The molecule has 9 nitrogen and oxygen atoms in total. The SMILES string of the molecule is C=CCCOc1ccc(-c2nnc(CCC(=O)NCCOc3ccccc3)c(=O)[nH]2)cc1OC. The molecule has 1 heterocycles. The van der Waals surface area contributed by atoms with Gasteiger partial charge < -0.3 is 24.5 Å². The van der Waals surface area contributed by atoms with Gasteiger partial charge in [-0.25, -0.2) is 0 Å². The first kappa shape index (κ1) is 24.5. The van der Waals surface area contributed by atoms with Gasteiger partial charge in [0.2, 0.25) is 5.91 Å². The summed E-state index contributed by atoms with van der Waals surface area (Å²) in [6, 6.07) is 14.6. The molecular formula is C25H28N4O5. The van der Waals surface area contributed by atoms with Gasteiger partial charge in [0.05, 0.1) is 20.3 Å². The third kappa shape index (κ3) is 7.19. The van der Waals surface area contributed by atoms with Crippen molar-refractivity contribution in [3.8, 4) is 28.6 Å². The first-order valence-electron chi connectivity index (χ1n) is 10.9. The van der Waals surface area contributed by atoms with Crippen molar-refractivity contribution in [3.05, 3.63) is 77.2 Å². The number of carbonyl (C=O) groups is 1. The van der Waals surface area contributed by atoms with E-state index in [0.29, 0.717) is 49.1 Å². The van der Waals surface area contributed by atoms with Gasteiger partial charge in [0.1, 0.15) is 18.1 Å². The fourth-order valence-corrected chi connectivity index (χ4v) is 3.04. The van der Waals surface area contributed by atoms with E-state index in [1.807, 2.05) is 30.3 Å². The van der Waals surface area contributed by atoms with Crippen LogP contribution >= 0.6 is 0 Å². The molecule has 2 aromatic carbocycles. The minimum Gasteiger partial charge on any atom is -0.493 e. The molecule has 0 spiro atoms. The molecule has 0 aliphatic rings. The largest absolute Gasteiger partial charge is 0.493 e. The van der Waals surface area contributed by atoms with Crippen LogP contribution in [0.5, 0.6) is 17.2 Å². The lowest BCUT2D eigenvalue weighted by Gasteiger charge is -2.11. The number of nitrogens with zero attached hydrogens (tertiary/aromatic N) is 2. The van der Waals surface area contributed by atoms with Crippen LogP contribution < -0.4 is 25.1 Å². The summed E-state index contributed by atoms with van der Waals surface area (Å²) < 4.78 is 16.6. The predicted molar refractivity (Wildman–Crippen MR) is 128 cm³/mol. The molecule has 0 saturated heterocycles. The maximum absolute atomic E-state index is 12.5. The van der Waals surface area contributed by atoms with Crippen LogP contribution in [0.15, 0.2) is 66.0 Å². The summed E-state index contributed by atoms with van der Waals surface area (Å²) in [7, 11) is 1.54. The van der Waals surface area contributed by atoms with Crippen molar-refractivity contribution in [2.24, 2.45) is 0 Å². The fourth-order valence-electron chi connectivity index (χ4n) is 3.04. The van der Waals surface area contributed by atoms with E-state index in [2.05, 4.69) is 27.1 Å². The van der Waals surface area contributed by atoms with Crippen LogP contribution in [-0.4, -0.2) is 48.0 Å². The van der Waals surface area contributed by atoms with Gasteiger partial charge in [-0.3, -0.25) is 9.59 Å². The van der Waals surface area contributed by atoms with Crippen LogP contribution in [0.1, 0.15) is 18.5 Å². The maximum atomic E-state index is 12.5. The van der Waals surface area contributed by atoms with Crippen LogP contribution in [0.3, 0.4) is 0 Å². The second-order valence-corrected chi connectivity index (χ2v) is 7.25. The molecule has 9 heteroatoms. The van der Waals surface area contributed by atoms with Crippen LogP contribution in [-0.2, 0) is 11.2 Å². The standard InChI is InChI=1S/C25H28N4O5/c1-3-4-15-34-21-12-10-18(17-22(21)32-2)24-27-25(31)20(28-29-24)11-13-23(30)26-14-16-33-19-8-6-5-7-9-19/h3,5-10,12,17H,1,4,11,13-16H2,2H3,(H,26,30)(H,27,29,31). The Kier molecular flexibility index (Phi) is 9.21. The van der Waals surface area contributed by atoms with Crippen LogP contribution in [0, 0.1) is 0 Å². The summed E-state index contributed by atoms with van der Waals surface area (Å²) >= 11 is 0. The summed E-state index contributed by atoms with van der Waals surface area (Å²) in [5.74, 6) is 1.94. The van der Waals surface area contributed by atoms with E-state index in [1.54, 1.807) is 24.3 Å². The minimum atomic E-state index is -0.393. The van der Waals surface area contributed by atoms with Gasteiger partial charge in [-0.15, -0.1) is 16.8 Å². The molecule has 34 heavy (non-hydrogen) atoms. The van der Waals surface area contributed by atoms with E-state index in [-0.39, 0.29) is 24.4 Å². The first-order valence-corrected chi connectivity index (χ1v) is 10.9. The zero-order chi connectivity index (χ0) is 24.2. The predicted octanol–water partition coefficient (Wildman–Crippen LogP) is 2.92. The average Bonchev–Trinajstić information content (AvgIpc) is 2.86. The second kappa shape index (κ2) is 12.8. The summed E-state index contributed by atoms with van der Waals surface area (Å²) in [5.41, 5.74) is 0.423. The molecular weight excluding hydrogens is 436 g/mol. The van der Waals surface area contributed by atoms with Gasteiger partial charge in [0, 0.05) is 18.4 Å². The molecule has 0 aliphatic heterocycles. The van der Waals surface area contributed by atoms with Gasteiger partial charge in [-0.1, -0.05) is 24.3 Å². The quantitative estimate of drug-likeness (QED) is 0.295. The van der Waals surface area contributed by atoms with Gasteiger partial charge in [0.15, 0.2) is 17.3 Å². The monoisotopic (exact) mass is 464 g/mol. The number of rotatable bonds is 13. The summed E-state index contributed by atoms with van der Waals surface area (Å²) in [6.45, 7) is 4.87. The number of aromatic amines is 1. The van der Waals surface area contributed by atoms with Crippen molar-refractivity contribution in [2.75, 3.05) is 26.9 Å². The number of ether oxygens (including phenoxy) is 3. The Hall–Kier alpha value is -4.14. The van der Waals surface area contributed by atoms with E-state index in [4.69, 9.17) is 14.2 Å². The molecule has 1 amide bonds. The van der Waals surface area contributed by atoms with Crippen molar-refractivity contribution >= 4 is 5.91 Å². The van der Waals surface area contributed by atoms with E-state index in [1.165, 1.54) is 7.11 Å². The van der Waals surface area contributed by atoms with E-state index >= 15 is 0 Å². The number of carbonyl (C=O) groups excluding carboxylic acids is 1. The Balaban J connectivity index is 1.52. The number of aromatic nitrogens is 3. The summed E-state index contributed by atoms with van der Waals surface area (Å²) in [4.78, 5) is 27.2. The third-order valence-corrected chi connectivity index (χ3v) is 4.81. The Morgan fingerprint density at radius 1 is 1.09 bits per heavy atom. The number of amides is 1. The van der Waals surface area contributed by atoms with E-state index < -0.39 is 5.56 Å². The highest BCUT2D eigenvalue weighted by Gasteiger charge is 2.12. The number of para-hydroxylation sites is 1. The fraction of sp³-hybridized carbons (Fsp3) is 0.280. The number of methoxy groups -OCH3 is 1.